The van der Waals surface area contributed by atoms with Gasteiger partial charge in [0, 0.05) is 25.3 Å². The Hall–Kier alpha value is -2.41. The molecule has 1 unspecified atom stereocenters. The minimum absolute atomic E-state index is 0.148. The maximum Gasteiger partial charge on any atom is 0.341 e. The number of anilines is 1. The lowest BCUT2D eigenvalue weighted by molar-refractivity contribution is 0.0695. The van der Waals surface area contributed by atoms with Crippen LogP contribution in [0.5, 0.6) is 0 Å². The number of nitrogens with two attached hydrogens (primary N) is 1. The van der Waals surface area contributed by atoms with E-state index in [-0.39, 0.29) is 11.6 Å². The highest BCUT2D eigenvalue weighted by molar-refractivity contribution is 5.93. The van der Waals surface area contributed by atoms with Crippen LogP contribution in [-0.4, -0.2) is 40.2 Å². The van der Waals surface area contributed by atoms with Gasteiger partial charge in [-0.05, 0) is 43.2 Å². The normalized spacial score (nSPS) is 20.4. The molecule has 1 aliphatic heterocycles. The Bertz CT molecular complexity index is 890. The van der Waals surface area contributed by atoms with Gasteiger partial charge in [-0.1, -0.05) is 0 Å². The van der Waals surface area contributed by atoms with Crippen molar-refractivity contribution in [3.8, 4) is 0 Å². The molecule has 2 aromatic rings. The van der Waals surface area contributed by atoms with E-state index in [1.54, 1.807) is 0 Å². The quantitative estimate of drug-likeness (QED) is 0.759. The highest BCUT2D eigenvalue weighted by atomic mass is 16.4. The molecular formula is C17H20N4O3. The lowest BCUT2D eigenvalue weighted by Gasteiger charge is -2.26. The van der Waals surface area contributed by atoms with E-state index in [1.807, 2.05) is 0 Å². The highest BCUT2D eigenvalue weighted by Crippen LogP contribution is 2.34. The molecule has 2 aliphatic rings. The summed E-state index contributed by atoms with van der Waals surface area (Å²) in [6, 6.07) is 0.148. The van der Waals surface area contributed by atoms with Gasteiger partial charge in [0.05, 0.1) is 5.39 Å². The van der Waals surface area contributed by atoms with Crippen molar-refractivity contribution < 1.29 is 9.90 Å². The molecule has 1 saturated heterocycles. The summed E-state index contributed by atoms with van der Waals surface area (Å²) in [5.41, 5.74) is 7.90. The van der Waals surface area contributed by atoms with Gasteiger partial charge in [0.15, 0.2) is 0 Å². The lowest BCUT2D eigenvalue weighted by Crippen LogP contribution is -2.29. The van der Waals surface area contributed by atoms with Gasteiger partial charge in [-0.2, -0.15) is 0 Å². The number of aromatic amines is 1. The van der Waals surface area contributed by atoms with Crippen molar-refractivity contribution in [1.82, 2.24) is 9.97 Å². The number of nitrogens with one attached hydrogen (secondary N) is 1. The molecule has 0 amide bonds. The maximum atomic E-state index is 12.7. The molecule has 24 heavy (non-hydrogen) atoms. The molecule has 7 nitrogen and oxygen atoms in total. The van der Waals surface area contributed by atoms with Gasteiger partial charge in [-0.15, -0.1) is 0 Å². The van der Waals surface area contributed by atoms with Crippen LogP contribution < -0.4 is 16.1 Å². The zero-order valence-electron chi connectivity index (χ0n) is 13.3. The van der Waals surface area contributed by atoms with Crippen molar-refractivity contribution in [1.29, 1.82) is 0 Å². The molecule has 0 saturated carbocycles. The number of carbonyl (C=O) groups is 1. The van der Waals surface area contributed by atoms with Gasteiger partial charge in [0.25, 0.3) is 0 Å². The summed E-state index contributed by atoms with van der Waals surface area (Å²) in [5.74, 6) is -0.304. The van der Waals surface area contributed by atoms with E-state index in [2.05, 4.69) is 14.9 Å². The van der Waals surface area contributed by atoms with E-state index in [1.165, 1.54) is 6.20 Å². The molecule has 1 atom stereocenters. The molecule has 4 rings (SSSR count). The minimum Gasteiger partial charge on any atom is -0.477 e. The van der Waals surface area contributed by atoms with E-state index in [0.717, 1.165) is 62.1 Å². The van der Waals surface area contributed by atoms with Crippen LogP contribution in [0.15, 0.2) is 11.0 Å². The fourth-order valence-corrected chi connectivity index (χ4v) is 3.89. The minimum atomic E-state index is -1.21. The molecule has 0 bridgehead atoms. The van der Waals surface area contributed by atoms with Crippen LogP contribution in [0.25, 0.3) is 11.0 Å². The molecule has 0 aromatic carbocycles. The maximum absolute atomic E-state index is 12.7. The van der Waals surface area contributed by atoms with E-state index in [9.17, 15) is 14.7 Å². The largest absolute Gasteiger partial charge is 0.477 e. The van der Waals surface area contributed by atoms with E-state index < -0.39 is 11.4 Å². The number of hydrogen-bond donors (Lipinski definition) is 3. The molecule has 4 N–H and O–H groups in total. The second kappa shape index (κ2) is 5.59. The average molecular weight is 328 g/mol. The second-order valence-corrected chi connectivity index (χ2v) is 6.65. The molecule has 0 radical (unpaired) electrons. The van der Waals surface area contributed by atoms with Crippen LogP contribution in [0.2, 0.25) is 0 Å². The average Bonchev–Trinajstić information content (AvgIpc) is 3.00. The number of nitrogens with zero attached hydrogens (tertiary/aromatic N) is 2. The van der Waals surface area contributed by atoms with Crippen LogP contribution in [0.3, 0.4) is 0 Å². The summed E-state index contributed by atoms with van der Waals surface area (Å²) in [6.07, 6.45) is 5.90. The van der Waals surface area contributed by atoms with E-state index >= 15 is 0 Å². The van der Waals surface area contributed by atoms with E-state index in [0.29, 0.717) is 11.0 Å². The first-order chi connectivity index (χ1) is 11.6. The molecule has 2 aromatic heterocycles. The Kier molecular flexibility index (Phi) is 3.53. The Morgan fingerprint density at radius 3 is 2.75 bits per heavy atom. The number of rotatable bonds is 2. The standard InChI is InChI=1S/C17H20N4O3/c18-9-5-6-21(8-9)16-11-4-2-1-3-10(11)13-14(22)12(17(23)24)7-19-15(13)20-16/h7,9H,1-6,8,18H2,(H,23,24)(H,19,20,22). The topological polar surface area (TPSA) is 112 Å². The highest BCUT2D eigenvalue weighted by Gasteiger charge is 2.28. The number of fused-ring (bicyclic) bond motifs is 3. The molecule has 3 heterocycles. The number of H-pyrrole nitrogens is 1. The smallest absolute Gasteiger partial charge is 0.341 e. The molecule has 1 aliphatic carbocycles. The molecule has 126 valence electrons. The van der Waals surface area contributed by atoms with E-state index in [4.69, 9.17) is 5.73 Å². The summed E-state index contributed by atoms with van der Waals surface area (Å²) in [5, 5.41) is 9.66. The van der Waals surface area contributed by atoms with Gasteiger partial charge in [0.1, 0.15) is 17.0 Å². The van der Waals surface area contributed by atoms with Crippen molar-refractivity contribution in [3.05, 3.63) is 33.1 Å². The van der Waals surface area contributed by atoms with Crippen molar-refractivity contribution in [2.45, 2.75) is 38.1 Å². The Balaban J connectivity index is 1.99. The molecule has 0 spiro atoms. The summed E-state index contributed by atoms with van der Waals surface area (Å²) < 4.78 is 0. The van der Waals surface area contributed by atoms with Gasteiger partial charge in [0.2, 0.25) is 5.43 Å². The molecule has 1 fully saturated rings. The second-order valence-electron chi connectivity index (χ2n) is 6.65. The fourth-order valence-electron chi connectivity index (χ4n) is 3.89. The number of hydrogen-bond acceptors (Lipinski definition) is 5. The zero-order chi connectivity index (χ0) is 16.8. The number of carboxylic acids is 1. The van der Waals surface area contributed by atoms with Crippen molar-refractivity contribution in [3.63, 3.8) is 0 Å². The first-order valence-electron chi connectivity index (χ1n) is 8.37. The van der Waals surface area contributed by atoms with Crippen LogP contribution in [-0.2, 0) is 12.8 Å². The Labute approximate surface area is 138 Å². The first-order valence-corrected chi connectivity index (χ1v) is 8.37. The Morgan fingerprint density at radius 1 is 1.33 bits per heavy atom. The molecule has 7 heteroatoms. The van der Waals surface area contributed by atoms with Gasteiger partial charge in [-0.3, -0.25) is 4.79 Å². The third kappa shape index (κ3) is 2.27. The predicted molar refractivity (Wildman–Crippen MR) is 90.8 cm³/mol. The SMILES string of the molecule is NC1CCN(c2nc3[nH]cc(C(=O)O)c(=O)c3c3c2CCCC3)C1. The number of pyridine rings is 2. The van der Waals surface area contributed by atoms with Crippen LogP contribution >= 0.6 is 0 Å². The van der Waals surface area contributed by atoms with Gasteiger partial charge >= 0.3 is 5.97 Å². The van der Waals surface area contributed by atoms with Gasteiger partial charge < -0.3 is 20.7 Å². The number of aromatic nitrogens is 2. The van der Waals surface area contributed by atoms with Crippen LogP contribution in [0.4, 0.5) is 5.82 Å². The number of aryl methyl sites for hydroxylation is 1. The third-order valence-corrected chi connectivity index (χ3v) is 5.07. The van der Waals surface area contributed by atoms with Crippen molar-refractivity contribution in [2.24, 2.45) is 5.73 Å². The Morgan fingerprint density at radius 2 is 2.08 bits per heavy atom. The van der Waals surface area contributed by atoms with Crippen molar-refractivity contribution >= 4 is 22.8 Å². The summed E-state index contributed by atoms with van der Waals surface area (Å²) in [4.78, 5) is 33.7. The van der Waals surface area contributed by atoms with Gasteiger partial charge in [-0.25, -0.2) is 9.78 Å². The molecular weight excluding hydrogens is 308 g/mol. The summed E-state index contributed by atoms with van der Waals surface area (Å²) in [6.45, 7) is 1.63. The zero-order valence-corrected chi connectivity index (χ0v) is 13.3. The van der Waals surface area contributed by atoms with Crippen molar-refractivity contribution in [2.75, 3.05) is 18.0 Å². The number of aromatic carboxylic acids is 1. The third-order valence-electron chi connectivity index (χ3n) is 5.07. The predicted octanol–water partition coefficient (Wildman–Crippen LogP) is 1.04. The monoisotopic (exact) mass is 328 g/mol. The first kappa shape index (κ1) is 15.1. The van der Waals surface area contributed by atoms with Crippen LogP contribution in [0, 0.1) is 0 Å². The summed E-state index contributed by atoms with van der Waals surface area (Å²) in [7, 11) is 0. The summed E-state index contributed by atoms with van der Waals surface area (Å²) >= 11 is 0. The fraction of sp³-hybridized carbons (Fsp3) is 0.471. The lowest BCUT2D eigenvalue weighted by atomic mass is 9.89. The number of carboxylic acid groups (broad SMARTS) is 1. The van der Waals surface area contributed by atoms with Crippen LogP contribution in [0.1, 0.15) is 40.7 Å².